The predicted molar refractivity (Wildman–Crippen MR) is 88.0 cm³/mol. The largest absolute Gasteiger partial charge is 0.504 e. The van der Waals surface area contributed by atoms with Crippen LogP contribution in [0.15, 0.2) is 48.5 Å². The average molecular weight is 326 g/mol. The Labute approximate surface area is 137 Å². The molecule has 122 valence electrons. The number of carbonyl (C=O) groups is 1. The number of fused-ring (bicyclic) bond motifs is 1. The van der Waals surface area contributed by atoms with Crippen molar-refractivity contribution in [1.82, 2.24) is 0 Å². The van der Waals surface area contributed by atoms with Crippen LogP contribution in [-0.4, -0.2) is 16.2 Å². The minimum Gasteiger partial charge on any atom is -0.504 e. The first-order valence-corrected chi connectivity index (χ1v) is 7.46. The van der Waals surface area contributed by atoms with E-state index in [2.05, 4.69) is 0 Å². The second-order valence-electron chi connectivity index (χ2n) is 5.30. The van der Waals surface area contributed by atoms with Gasteiger partial charge in [-0.15, -0.1) is 0 Å². The maximum atomic E-state index is 13.7. The van der Waals surface area contributed by atoms with Crippen LogP contribution in [0, 0.1) is 5.82 Å². The number of aromatic hydroxyl groups is 2. The summed E-state index contributed by atoms with van der Waals surface area (Å²) in [5.74, 6) is -2.10. The highest BCUT2D eigenvalue weighted by Gasteiger charge is 2.20. The number of aryl methyl sites for hydroxylation is 1. The van der Waals surface area contributed by atoms with Gasteiger partial charge in [-0.25, -0.2) is 9.18 Å². The van der Waals surface area contributed by atoms with Gasteiger partial charge in [-0.05, 0) is 36.2 Å². The molecular formula is C19H15FO4. The first-order valence-electron chi connectivity index (χ1n) is 7.46. The third kappa shape index (κ3) is 2.65. The maximum absolute atomic E-state index is 13.7. The molecule has 3 rings (SSSR count). The molecule has 0 saturated heterocycles. The number of ether oxygens (including phenoxy) is 1. The third-order valence-corrected chi connectivity index (χ3v) is 3.86. The summed E-state index contributed by atoms with van der Waals surface area (Å²) in [6, 6.07) is 11.8. The van der Waals surface area contributed by atoms with Crippen molar-refractivity contribution in [2.24, 2.45) is 0 Å². The zero-order valence-corrected chi connectivity index (χ0v) is 12.9. The van der Waals surface area contributed by atoms with E-state index in [0.717, 1.165) is 0 Å². The van der Waals surface area contributed by atoms with Crippen molar-refractivity contribution in [3.63, 3.8) is 0 Å². The molecule has 5 heteroatoms. The second-order valence-corrected chi connectivity index (χ2v) is 5.30. The molecule has 0 atom stereocenters. The van der Waals surface area contributed by atoms with Crippen LogP contribution < -0.4 is 4.74 Å². The van der Waals surface area contributed by atoms with E-state index in [-0.39, 0.29) is 22.8 Å². The van der Waals surface area contributed by atoms with Crippen LogP contribution in [0.3, 0.4) is 0 Å². The fraction of sp³-hybridized carbons (Fsp3) is 0.105. The number of para-hydroxylation sites is 1. The van der Waals surface area contributed by atoms with Crippen molar-refractivity contribution in [3.8, 4) is 17.2 Å². The molecule has 2 N–H and O–H groups in total. The number of benzene rings is 3. The lowest BCUT2D eigenvalue weighted by molar-refractivity contribution is 0.0729. The van der Waals surface area contributed by atoms with Gasteiger partial charge >= 0.3 is 5.97 Å². The number of halogens is 1. The molecule has 0 fully saturated rings. The van der Waals surface area contributed by atoms with E-state index >= 15 is 0 Å². The summed E-state index contributed by atoms with van der Waals surface area (Å²) in [4.78, 5) is 12.6. The van der Waals surface area contributed by atoms with Crippen molar-refractivity contribution >= 4 is 16.7 Å². The first kappa shape index (κ1) is 15.8. The van der Waals surface area contributed by atoms with Crippen LogP contribution in [0.5, 0.6) is 17.2 Å². The highest BCUT2D eigenvalue weighted by Crippen LogP contribution is 2.36. The van der Waals surface area contributed by atoms with Crippen LogP contribution in [0.4, 0.5) is 4.39 Å². The van der Waals surface area contributed by atoms with Gasteiger partial charge in [0.15, 0.2) is 23.1 Å². The predicted octanol–water partition coefficient (Wildman–Crippen LogP) is 4.17. The number of phenolic OH excluding ortho intramolecular Hbond substituents is 2. The van der Waals surface area contributed by atoms with E-state index in [1.165, 1.54) is 30.3 Å². The molecule has 0 aliphatic carbocycles. The molecule has 0 amide bonds. The molecule has 0 spiro atoms. The Morgan fingerprint density at radius 3 is 2.46 bits per heavy atom. The number of carbonyl (C=O) groups excluding carboxylic acids is 1. The minimum atomic E-state index is -0.715. The van der Waals surface area contributed by atoms with E-state index in [1.54, 1.807) is 18.2 Å². The molecule has 0 bridgehead atoms. The lowest BCUT2D eigenvalue weighted by Crippen LogP contribution is -2.13. The Morgan fingerprint density at radius 2 is 1.75 bits per heavy atom. The second kappa shape index (κ2) is 6.20. The SMILES string of the molecule is CCc1ccc2c(O)c(O)ccc2c1C(=O)Oc1ccccc1F. The van der Waals surface area contributed by atoms with Gasteiger partial charge in [-0.3, -0.25) is 0 Å². The fourth-order valence-corrected chi connectivity index (χ4v) is 2.64. The van der Waals surface area contributed by atoms with Gasteiger partial charge in [0, 0.05) is 10.8 Å². The zero-order chi connectivity index (χ0) is 17.3. The Hall–Kier alpha value is -3.08. The summed E-state index contributed by atoms with van der Waals surface area (Å²) in [5, 5.41) is 20.4. The van der Waals surface area contributed by atoms with E-state index in [1.807, 2.05) is 6.92 Å². The standard InChI is InChI=1S/C19H15FO4/c1-2-11-7-8-13-12(9-10-15(21)18(13)22)17(11)19(23)24-16-6-4-3-5-14(16)20/h3-10,21-22H,2H2,1H3. The van der Waals surface area contributed by atoms with Gasteiger partial charge in [0.2, 0.25) is 0 Å². The molecule has 0 unspecified atom stereocenters. The summed E-state index contributed by atoms with van der Waals surface area (Å²) in [7, 11) is 0. The lowest BCUT2D eigenvalue weighted by Gasteiger charge is -2.13. The van der Waals surface area contributed by atoms with Crippen LogP contribution in [-0.2, 0) is 6.42 Å². The maximum Gasteiger partial charge on any atom is 0.344 e. The zero-order valence-electron chi connectivity index (χ0n) is 12.9. The molecule has 24 heavy (non-hydrogen) atoms. The van der Waals surface area contributed by atoms with E-state index in [0.29, 0.717) is 22.8 Å². The summed E-state index contributed by atoms with van der Waals surface area (Å²) in [6.45, 7) is 1.88. The molecule has 0 heterocycles. The summed E-state index contributed by atoms with van der Waals surface area (Å²) in [5.41, 5.74) is 0.947. The van der Waals surface area contributed by atoms with Crippen molar-refractivity contribution in [2.45, 2.75) is 13.3 Å². The summed E-state index contributed by atoms with van der Waals surface area (Å²) in [6.07, 6.45) is 0.555. The number of esters is 1. The Kier molecular flexibility index (Phi) is 4.08. The third-order valence-electron chi connectivity index (χ3n) is 3.86. The number of rotatable bonds is 3. The molecule has 4 nitrogen and oxygen atoms in total. The molecule has 0 radical (unpaired) electrons. The van der Waals surface area contributed by atoms with Gasteiger partial charge in [-0.2, -0.15) is 0 Å². The van der Waals surface area contributed by atoms with Crippen LogP contribution in [0.25, 0.3) is 10.8 Å². The summed E-state index contributed by atoms with van der Waals surface area (Å²) >= 11 is 0. The number of hydrogen-bond donors (Lipinski definition) is 2. The van der Waals surface area contributed by atoms with Crippen molar-refractivity contribution in [3.05, 3.63) is 65.5 Å². The Balaban J connectivity index is 2.15. The molecule has 0 aliphatic rings. The molecular weight excluding hydrogens is 311 g/mol. The Morgan fingerprint density at radius 1 is 1.04 bits per heavy atom. The average Bonchev–Trinajstić information content (AvgIpc) is 2.59. The van der Waals surface area contributed by atoms with E-state index in [4.69, 9.17) is 4.74 Å². The number of hydrogen-bond acceptors (Lipinski definition) is 4. The van der Waals surface area contributed by atoms with E-state index in [9.17, 15) is 19.4 Å². The van der Waals surface area contributed by atoms with Crippen LogP contribution >= 0.6 is 0 Å². The fourth-order valence-electron chi connectivity index (χ4n) is 2.64. The van der Waals surface area contributed by atoms with Gasteiger partial charge in [0.1, 0.15) is 0 Å². The quantitative estimate of drug-likeness (QED) is 0.431. The topological polar surface area (TPSA) is 66.8 Å². The first-order chi connectivity index (χ1) is 11.5. The van der Waals surface area contributed by atoms with Gasteiger partial charge in [0.25, 0.3) is 0 Å². The molecule has 0 aromatic heterocycles. The van der Waals surface area contributed by atoms with Gasteiger partial charge in [0.05, 0.1) is 5.56 Å². The van der Waals surface area contributed by atoms with E-state index < -0.39 is 11.8 Å². The van der Waals surface area contributed by atoms with Crippen LogP contribution in [0.1, 0.15) is 22.8 Å². The molecule has 0 saturated carbocycles. The number of phenols is 2. The van der Waals surface area contributed by atoms with Gasteiger partial charge < -0.3 is 14.9 Å². The highest BCUT2D eigenvalue weighted by molar-refractivity contribution is 6.08. The van der Waals surface area contributed by atoms with Gasteiger partial charge in [-0.1, -0.05) is 31.2 Å². The molecule has 3 aromatic carbocycles. The van der Waals surface area contributed by atoms with Crippen molar-refractivity contribution < 1.29 is 24.1 Å². The van der Waals surface area contributed by atoms with Crippen LogP contribution in [0.2, 0.25) is 0 Å². The molecule has 3 aromatic rings. The monoisotopic (exact) mass is 326 g/mol. The highest BCUT2D eigenvalue weighted by atomic mass is 19.1. The smallest absolute Gasteiger partial charge is 0.344 e. The Bertz CT molecular complexity index is 934. The van der Waals surface area contributed by atoms with Crippen molar-refractivity contribution in [2.75, 3.05) is 0 Å². The normalized spacial score (nSPS) is 10.8. The lowest BCUT2D eigenvalue weighted by atomic mass is 9.96. The molecule has 0 aliphatic heterocycles. The summed E-state index contributed by atoms with van der Waals surface area (Å²) < 4.78 is 18.9. The van der Waals surface area contributed by atoms with Crippen molar-refractivity contribution in [1.29, 1.82) is 0 Å². The minimum absolute atomic E-state index is 0.162.